The fourth-order valence-electron chi connectivity index (χ4n) is 0.765. The van der Waals surface area contributed by atoms with Crippen LogP contribution < -0.4 is 5.23 Å². The highest BCUT2D eigenvalue weighted by Gasteiger charge is 1.93. The lowest BCUT2D eigenvalue weighted by Gasteiger charge is -2.04. The number of anilines is 1. The van der Waals surface area contributed by atoms with E-state index in [4.69, 9.17) is 7.98 Å². The summed E-state index contributed by atoms with van der Waals surface area (Å²) in [6, 6.07) is 5.79. The number of aryl methyl sites for hydroxylation is 1. The van der Waals surface area contributed by atoms with Crippen molar-refractivity contribution in [1.82, 2.24) is 0 Å². The Balaban J connectivity index is 3.09. The quantitative estimate of drug-likeness (QED) is 0.458. The van der Waals surface area contributed by atoms with E-state index in [0.717, 1.165) is 16.1 Å². The molecule has 10 heavy (non-hydrogen) atoms. The van der Waals surface area contributed by atoms with Crippen LogP contribution in [0, 0.1) is 6.92 Å². The summed E-state index contributed by atoms with van der Waals surface area (Å²) in [5.41, 5.74) is 2.05. The molecule has 0 saturated heterocycles. The van der Waals surface area contributed by atoms with Crippen molar-refractivity contribution in [3.8, 4) is 0 Å². The highest BCUT2D eigenvalue weighted by atomic mass is 32.1. The van der Waals surface area contributed by atoms with Crippen LogP contribution in [0.25, 0.3) is 0 Å². The van der Waals surface area contributed by atoms with E-state index < -0.39 is 0 Å². The van der Waals surface area contributed by atoms with Gasteiger partial charge >= 0.3 is 0 Å². The zero-order chi connectivity index (χ0) is 7.56. The largest absolute Gasteiger partial charge is 0.437 e. The SMILES string of the molecule is [B]Nc1cc(S)ccc1C. The second-order valence-electron chi connectivity index (χ2n) is 2.14. The number of rotatable bonds is 1. The van der Waals surface area contributed by atoms with Gasteiger partial charge in [-0.3, -0.25) is 0 Å². The van der Waals surface area contributed by atoms with E-state index in [0.29, 0.717) is 0 Å². The summed E-state index contributed by atoms with van der Waals surface area (Å²) in [6.45, 7) is 1.99. The Morgan fingerprint density at radius 1 is 1.50 bits per heavy atom. The summed E-state index contributed by atoms with van der Waals surface area (Å²) in [5.74, 6) is 0. The third-order valence-corrected chi connectivity index (χ3v) is 1.65. The first-order valence-electron chi connectivity index (χ1n) is 3.00. The summed E-state index contributed by atoms with van der Waals surface area (Å²) in [4.78, 5) is 0.915. The van der Waals surface area contributed by atoms with Gasteiger partial charge in [0.1, 0.15) is 0 Å². The molecule has 1 N–H and O–H groups in total. The molecule has 1 aromatic rings. The standard InChI is InChI=1S/C7H8BNS/c1-5-2-3-6(10)4-7(5)9-8/h2-4,9-10H,1H3. The molecule has 0 aliphatic heterocycles. The van der Waals surface area contributed by atoms with Crippen LogP contribution in [0.3, 0.4) is 0 Å². The van der Waals surface area contributed by atoms with E-state index in [1.807, 2.05) is 25.1 Å². The van der Waals surface area contributed by atoms with E-state index in [1.54, 1.807) is 0 Å². The maximum absolute atomic E-state index is 5.24. The average molecular weight is 149 g/mol. The first-order chi connectivity index (χ1) is 4.74. The maximum Gasteiger partial charge on any atom is 0.222 e. The second kappa shape index (κ2) is 3.02. The number of nitrogens with one attached hydrogen (secondary N) is 1. The van der Waals surface area contributed by atoms with Crippen molar-refractivity contribution in [1.29, 1.82) is 0 Å². The van der Waals surface area contributed by atoms with Crippen molar-refractivity contribution < 1.29 is 0 Å². The van der Waals surface area contributed by atoms with Crippen LogP contribution in [0.2, 0.25) is 0 Å². The number of hydrogen-bond donors (Lipinski definition) is 2. The van der Waals surface area contributed by atoms with Crippen LogP contribution in [-0.4, -0.2) is 7.98 Å². The molecule has 0 aromatic heterocycles. The van der Waals surface area contributed by atoms with Crippen molar-refractivity contribution >= 4 is 26.3 Å². The monoisotopic (exact) mass is 149 g/mol. The fourth-order valence-corrected chi connectivity index (χ4v) is 0.969. The lowest BCUT2D eigenvalue weighted by atomic mass is 10.2. The van der Waals surface area contributed by atoms with Crippen molar-refractivity contribution in [3.63, 3.8) is 0 Å². The summed E-state index contributed by atoms with van der Waals surface area (Å²) in [6.07, 6.45) is 0. The van der Waals surface area contributed by atoms with Crippen LogP contribution in [-0.2, 0) is 0 Å². The molecule has 0 saturated carbocycles. The Hall–Kier alpha value is -0.565. The van der Waals surface area contributed by atoms with E-state index in [2.05, 4.69) is 17.9 Å². The first kappa shape index (κ1) is 7.54. The Morgan fingerprint density at radius 3 is 2.70 bits per heavy atom. The molecule has 3 heteroatoms. The van der Waals surface area contributed by atoms with Gasteiger partial charge in [-0.25, -0.2) is 0 Å². The van der Waals surface area contributed by atoms with Crippen LogP contribution in [0.4, 0.5) is 5.69 Å². The molecule has 0 unspecified atom stereocenters. The second-order valence-corrected chi connectivity index (χ2v) is 2.66. The van der Waals surface area contributed by atoms with Crippen LogP contribution in [0.15, 0.2) is 23.1 Å². The van der Waals surface area contributed by atoms with Gasteiger partial charge in [0.05, 0.1) is 0 Å². The molecule has 0 spiro atoms. The van der Waals surface area contributed by atoms with Gasteiger partial charge < -0.3 is 5.23 Å². The zero-order valence-corrected chi connectivity index (χ0v) is 6.65. The highest BCUT2D eigenvalue weighted by Crippen LogP contribution is 2.17. The average Bonchev–Trinajstić information content (AvgIpc) is 1.94. The van der Waals surface area contributed by atoms with Gasteiger partial charge in [-0.05, 0) is 24.6 Å². The summed E-state index contributed by atoms with van der Waals surface area (Å²) >= 11 is 4.16. The summed E-state index contributed by atoms with van der Waals surface area (Å²) in [5, 5.41) is 2.59. The lowest BCUT2D eigenvalue weighted by Crippen LogP contribution is -1.92. The van der Waals surface area contributed by atoms with Gasteiger partial charge in [0.2, 0.25) is 7.98 Å². The Labute approximate surface area is 67.7 Å². The molecule has 1 rings (SSSR count). The molecule has 0 aliphatic rings. The normalized spacial score (nSPS) is 9.40. The van der Waals surface area contributed by atoms with Gasteiger partial charge in [-0.15, -0.1) is 12.6 Å². The predicted molar refractivity (Wildman–Crippen MR) is 47.8 cm³/mol. The Bertz CT molecular complexity index is 237. The maximum atomic E-state index is 5.24. The molecule has 1 nitrogen and oxygen atoms in total. The fraction of sp³-hybridized carbons (Fsp3) is 0.143. The van der Waals surface area contributed by atoms with Gasteiger partial charge in [-0.1, -0.05) is 6.07 Å². The molecular weight excluding hydrogens is 141 g/mol. The van der Waals surface area contributed by atoms with E-state index in [1.165, 1.54) is 0 Å². The minimum Gasteiger partial charge on any atom is -0.437 e. The number of thiol groups is 1. The van der Waals surface area contributed by atoms with Gasteiger partial charge in [0.15, 0.2) is 0 Å². The Morgan fingerprint density at radius 2 is 2.20 bits per heavy atom. The lowest BCUT2D eigenvalue weighted by molar-refractivity contribution is 1.39. The summed E-state index contributed by atoms with van der Waals surface area (Å²) < 4.78 is 0. The molecule has 1 aromatic carbocycles. The molecule has 0 amide bonds. The molecule has 0 atom stereocenters. The molecule has 0 fully saturated rings. The van der Waals surface area contributed by atoms with Crippen molar-refractivity contribution in [2.24, 2.45) is 0 Å². The zero-order valence-electron chi connectivity index (χ0n) is 5.76. The van der Waals surface area contributed by atoms with E-state index in [-0.39, 0.29) is 0 Å². The van der Waals surface area contributed by atoms with Crippen molar-refractivity contribution in [2.75, 3.05) is 5.23 Å². The van der Waals surface area contributed by atoms with Gasteiger partial charge in [0, 0.05) is 10.6 Å². The van der Waals surface area contributed by atoms with E-state index >= 15 is 0 Å². The highest BCUT2D eigenvalue weighted by molar-refractivity contribution is 7.80. The number of hydrogen-bond acceptors (Lipinski definition) is 2. The van der Waals surface area contributed by atoms with Crippen LogP contribution in [0.5, 0.6) is 0 Å². The molecule has 0 heterocycles. The van der Waals surface area contributed by atoms with Crippen molar-refractivity contribution in [3.05, 3.63) is 23.8 Å². The number of benzene rings is 1. The molecule has 2 radical (unpaired) electrons. The first-order valence-corrected chi connectivity index (χ1v) is 3.45. The van der Waals surface area contributed by atoms with Crippen molar-refractivity contribution in [2.45, 2.75) is 11.8 Å². The molecule has 50 valence electrons. The smallest absolute Gasteiger partial charge is 0.222 e. The van der Waals surface area contributed by atoms with Crippen LogP contribution >= 0.6 is 12.6 Å². The Kier molecular flexibility index (Phi) is 2.27. The molecule has 0 bridgehead atoms. The van der Waals surface area contributed by atoms with Gasteiger partial charge in [0.25, 0.3) is 0 Å². The topological polar surface area (TPSA) is 12.0 Å². The molecule has 0 aliphatic carbocycles. The minimum atomic E-state index is 0.915. The van der Waals surface area contributed by atoms with E-state index in [9.17, 15) is 0 Å². The van der Waals surface area contributed by atoms with Crippen LogP contribution in [0.1, 0.15) is 5.56 Å². The third-order valence-electron chi connectivity index (χ3n) is 1.38. The third kappa shape index (κ3) is 1.48. The summed E-state index contributed by atoms with van der Waals surface area (Å²) in [7, 11) is 5.24. The minimum absolute atomic E-state index is 0.915. The molecular formula is C7H8BNS. The van der Waals surface area contributed by atoms with Gasteiger partial charge in [-0.2, -0.15) is 0 Å². The predicted octanol–water partition coefficient (Wildman–Crippen LogP) is 1.78.